The predicted octanol–water partition coefficient (Wildman–Crippen LogP) is 1.72. The number of rotatable bonds is 1. The molecule has 86 valence electrons. The minimum atomic E-state index is -0.164. The fourth-order valence-electron chi connectivity index (χ4n) is 2.09. The van der Waals surface area contributed by atoms with E-state index in [1.807, 2.05) is 6.92 Å². The maximum absolute atomic E-state index is 12.1. The van der Waals surface area contributed by atoms with Crippen LogP contribution in [0.25, 0.3) is 0 Å². The van der Waals surface area contributed by atoms with E-state index in [1.54, 1.807) is 4.90 Å². The second kappa shape index (κ2) is 4.04. The minimum absolute atomic E-state index is 0.0384. The van der Waals surface area contributed by atoms with Crippen molar-refractivity contribution < 1.29 is 15.0 Å². The maximum atomic E-state index is 12.1. The molecule has 4 nitrogen and oxygen atoms in total. The quantitative estimate of drug-likeness (QED) is 0.759. The molecule has 1 amide bonds. The van der Waals surface area contributed by atoms with Crippen LogP contribution in [0.4, 0.5) is 0 Å². The third-order valence-corrected chi connectivity index (χ3v) is 3.03. The van der Waals surface area contributed by atoms with E-state index in [4.69, 9.17) is 5.11 Å². The van der Waals surface area contributed by atoms with Crippen molar-refractivity contribution in [3.63, 3.8) is 0 Å². The van der Waals surface area contributed by atoms with E-state index in [9.17, 15) is 9.90 Å². The lowest BCUT2D eigenvalue weighted by Crippen LogP contribution is -2.33. The summed E-state index contributed by atoms with van der Waals surface area (Å²) in [6.07, 6.45) is 2.01. The van der Waals surface area contributed by atoms with Gasteiger partial charge in [-0.1, -0.05) is 0 Å². The molecular formula is C12H15NO3. The number of hydrogen-bond acceptors (Lipinski definition) is 3. The highest BCUT2D eigenvalue weighted by atomic mass is 16.3. The highest BCUT2D eigenvalue weighted by Crippen LogP contribution is 2.26. The van der Waals surface area contributed by atoms with E-state index in [-0.39, 0.29) is 29.0 Å². The van der Waals surface area contributed by atoms with Gasteiger partial charge in [-0.2, -0.15) is 0 Å². The number of hydrogen-bond donors (Lipinski definition) is 2. The second-order valence-corrected chi connectivity index (χ2v) is 4.19. The van der Waals surface area contributed by atoms with E-state index in [1.165, 1.54) is 18.2 Å². The Morgan fingerprint density at radius 2 is 2.19 bits per heavy atom. The van der Waals surface area contributed by atoms with Crippen LogP contribution < -0.4 is 0 Å². The molecule has 16 heavy (non-hydrogen) atoms. The molecular weight excluding hydrogens is 206 g/mol. The summed E-state index contributed by atoms with van der Waals surface area (Å²) in [5, 5.41) is 18.8. The van der Waals surface area contributed by atoms with E-state index in [0.29, 0.717) is 0 Å². The molecule has 0 saturated carbocycles. The molecule has 1 aromatic carbocycles. The van der Waals surface area contributed by atoms with Crippen LogP contribution in [0.5, 0.6) is 11.5 Å². The molecule has 1 saturated heterocycles. The van der Waals surface area contributed by atoms with Crippen LogP contribution in [-0.4, -0.2) is 33.6 Å². The van der Waals surface area contributed by atoms with Crippen molar-refractivity contribution in [3.8, 4) is 11.5 Å². The summed E-state index contributed by atoms with van der Waals surface area (Å²) in [6.45, 7) is 2.74. The lowest BCUT2D eigenvalue weighted by atomic mass is 10.1. The highest BCUT2D eigenvalue weighted by Gasteiger charge is 2.27. The molecule has 0 radical (unpaired) electrons. The number of likely N-dealkylation sites (tertiary alicyclic amines) is 1. The van der Waals surface area contributed by atoms with Crippen molar-refractivity contribution in [2.24, 2.45) is 0 Å². The van der Waals surface area contributed by atoms with Gasteiger partial charge in [-0.3, -0.25) is 4.79 Å². The zero-order valence-corrected chi connectivity index (χ0v) is 9.18. The first-order chi connectivity index (χ1) is 7.59. The number of amides is 1. The predicted molar refractivity (Wildman–Crippen MR) is 59.5 cm³/mol. The number of carbonyl (C=O) groups is 1. The van der Waals surface area contributed by atoms with Crippen LogP contribution in [-0.2, 0) is 0 Å². The topological polar surface area (TPSA) is 60.8 Å². The zero-order valence-electron chi connectivity index (χ0n) is 9.18. The Bertz CT molecular complexity index is 417. The van der Waals surface area contributed by atoms with Gasteiger partial charge in [0.05, 0.1) is 5.56 Å². The van der Waals surface area contributed by atoms with Crippen molar-refractivity contribution in [3.05, 3.63) is 23.8 Å². The molecule has 1 fully saturated rings. The van der Waals surface area contributed by atoms with E-state index >= 15 is 0 Å². The molecule has 4 heteroatoms. The Kier molecular flexibility index (Phi) is 2.73. The summed E-state index contributed by atoms with van der Waals surface area (Å²) in [5.41, 5.74) is 0.256. The number of aromatic hydroxyl groups is 2. The van der Waals surface area contributed by atoms with Crippen LogP contribution in [0.2, 0.25) is 0 Å². The molecule has 0 spiro atoms. The van der Waals surface area contributed by atoms with Gasteiger partial charge in [-0.05, 0) is 31.9 Å². The number of carbonyl (C=O) groups excluding carboxylic acids is 1. The zero-order chi connectivity index (χ0) is 11.7. The van der Waals surface area contributed by atoms with Crippen LogP contribution in [0.1, 0.15) is 30.1 Å². The van der Waals surface area contributed by atoms with Gasteiger partial charge in [0, 0.05) is 18.7 Å². The van der Waals surface area contributed by atoms with Crippen molar-refractivity contribution in [2.75, 3.05) is 6.54 Å². The van der Waals surface area contributed by atoms with Gasteiger partial charge in [0.25, 0.3) is 5.91 Å². The van der Waals surface area contributed by atoms with Gasteiger partial charge in [-0.25, -0.2) is 0 Å². The summed E-state index contributed by atoms with van der Waals surface area (Å²) >= 11 is 0. The molecule has 0 bridgehead atoms. The number of phenolic OH excluding ortho intramolecular Hbond substituents is 2. The van der Waals surface area contributed by atoms with Gasteiger partial charge < -0.3 is 15.1 Å². The fourth-order valence-corrected chi connectivity index (χ4v) is 2.09. The smallest absolute Gasteiger partial charge is 0.257 e. The average Bonchev–Trinajstić information content (AvgIpc) is 2.63. The third-order valence-electron chi connectivity index (χ3n) is 3.03. The summed E-state index contributed by atoms with van der Waals surface area (Å²) < 4.78 is 0. The molecule has 1 atom stereocenters. The number of nitrogens with zero attached hydrogens (tertiary/aromatic N) is 1. The Morgan fingerprint density at radius 1 is 1.44 bits per heavy atom. The van der Waals surface area contributed by atoms with Crippen LogP contribution in [0.15, 0.2) is 18.2 Å². The van der Waals surface area contributed by atoms with Crippen molar-refractivity contribution in [1.29, 1.82) is 0 Å². The summed E-state index contributed by atoms with van der Waals surface area (Å²) in [6, 6.07) is 4.28. The normalized spacial score (nSPS) is 20.1. The van der Waals surface area contributed by atoms with Crippen molar-refractivity contribution in [2.45, 2.75) is 25.8 Å². The first kappa shape index (κ1) is 10.8. The monoisotopic (exact) mass is 221 g/mol. The standard InChI is InChI=1S/C12H15NO3/c1-8-3-2-6-13(8)12(16)10-5-4-9(14)7-11(10)15/h4-5,7-8,14-15H,2-3,6H2,1H3. The van der Waals surface area contributed by atoms with Gasteiger partial charge in [0.1, 0.15) is 11.5 Å². The maximum Gasteiger partial charge on any atom is 0.257 e. The Morgan fingerprint density at radius 3 is 2.75 bits per heavy atom. The number of benzene rings is 1. The van der Waals surface area contributed by atoms with E-state index in [0.717, 1.165) is 19.4 Å². The van der Waals surface area contributed by atoms with E-state index < -0.39 is 0 Å². The third kappa shape index (κ3) is 1.83. The van der Waals surface area contributed by atoms with Gasteiger partial charge >= 0.3 is 0 Å². The molecule has 1 aliphatic heterocycles. The fraction of sp³-hybridized carbons (Fsp3) is 0.417. The van der Waals surface area contributed by atoms with Crippen LogP contribution in [0, 0.1) is 0 Å². The summed E-state index contributed by atoms with van der Waals surface area (Å²) in [5.74, 6) is -0.366. The largest absolute Gasteiger partial charge is 0.508 e. The Balaban J connectivity index is 2.27. The first-order valence-electron chi connectivity index (χ1n) is 5.42. The Hall–Kier alpha value is -1.71. The minimum Gasteiger partial charge on any atom is -0.508 e. The lowest BCUT2D eigenvalue weighted by molar-refractivity contribution is 0.0744. The molecule has 2 rings (SSSR count). The van der Waals surface area contributed by atoms with Crippen molar-refractivity contribution in [1.82, 2.24) is 4.90 Å². The summed E-state index contributed by atoms with van der Waals surface area (Å²) in [7, 11) is 0. The van der Waals surface area contributed by atoms with Gasteiger partial charge in [0.2, 0.25) is 0 Å². The molecule has 1 aliphatic rings. The Labute approximate surface area is 94.1 Å². The second-order valence-electron chi connectivity index (χ2n) is 4.19. The number of phenols is 2. The lowest BCUT2D eigenvalue weighted by Gasteiger charge is -2.21. The summed E-state index contributed by atoms with van der Waals surface area (Å²) in [4.78, 5) is 13.8. The van der Waals surface area contributed by atoms with Gasteiger partial charge in [-0.15, -0.1) is 0 Å². The molecule has 1 heterocycles. The SMILES string of the molecule is CC1CCCN1C(=O)c1ccc(O)cc1O. The first-order valence-corrected chi connectivity index (χ1v) is 5.42. The van der Waals surface area contributed by atoms with Crippen molar-refractivity contribution >= 4 is 5.91 Å². The van der Waals surface area contributed by atoms with Crippen LogP contribution >= 0.6 is 0 Å². The highest BCUT2D eigenvalue weighted by molar-refractivity contribution is 5.97. The molecule has 1 unspecified atom stereocenters. The molecule has 0 aliphatic carbocycles. The average molecular weight is 221 g/mol. The van der Waals surface area contributed by atoms with Gasteiger partial charge in [0.15, 0.2) is 0 Å². The van der Waals surface area contributed by atoms with E-state index in [2.05, 4.69) is 0 Å². The van der Waals surface area contributed by atoms with Crippen LogP contribution in [0.3, 0.4) is 0 Å². The molecule has 0 aromatic heterocycles. The molecule has 2 N–H and O–H groups in total. The molecule has 1 aromatic rings.